The van der Waals surface area contributed by atoms with Gasteiger partial charge in [0.2, 0.25) is 0 Å². The van der Waals surface area contributed by atoms with E-state index in [1.807, 2.05) is 12.4 Å². The van der Waals surface area contributed by atoms with Gasteiger partial charge in [-0.2, -0.15) is 5.10 Å². The molecule has 0 aliphatic rings. The third-order valence-corrected chi connectivity index (χ3v) is 3.44. The summed E-state index contributed by atoms with van der Waals surface area (Å²) in [4.78, 5) is 0. The van der Waals surface area contributed by atoms with Gasteiger partial charge in [0, 0.05) is 24.3 Å². The minimum Gasteiger partial charge on any atom is -0.306 e. The van der Waals surface area contributed by atoms with Crippen LogP contribution >= 0.6 is 0 Å². The Kier molecular flexibility index (Phi) is 3.29. The van der Waals surface area contributed by atoms with Gasteiger partial charge < -0.3 is 5.32 Å². The second kappa shape index (κ2) is 5.24. The molecule has 2 N–H and O–H groups in total. The van der Waals surface area contributed by atoms with Crippen LogP contribution in [0.25, 0.3) is 10.8 Å². The van der Waals surface area contributed by atoms with E-state index in [1.165, 1.54) is 21.9 Å². The van der Waals surface area contributed by atoms with E-state index in [2.05, 4.69) is 64.9 Å². The number of nitrogens with one attached hydrogen (secondary N) is 2. The van der Waals surface area contributed by atoms with Crippen LogP contribution in [0.1, 0.15) is 24.1 Å². The lowest BCUT2D eigenvalue weighted by Crippen LogP contribution is -2.17. The van der Waals surface area contributed by atoms with Crippen molar-refractivity contribution in [2.24, 2.45) is 0 Å². The highest BCUT2D eigenvalue weighted by molar-refractivity contribution is 5.83. The summed E-state index contributed by atoms with van der Waals surface area (Å²) in [5.41, 5.74) is 2.48. The number of benzene rings is 2. The van der Waals surface area contributed by atoms with Gasteiger partial charge in [-0.05, 0) is 29.3 Å². The first-order chi connectivity index (χ1) is 9.33. The van der Waals surface area contributed by atoms with Crippen molar-refractivity contribution in [2.45, 2.75) is 19.5 Å². The van der Waals surface area contributed by atoms with E-state index in [0.29, 0.717) is 6.04 Å². The van der Waals surface area contributed by atoms with Crippen molar-refractivity contribution in [3.63, 3.8) is 0 Å². The minimum atomic E-state index is 0.319. The summed E-state index contributed by atoms with van der Waals surface area (Å²) in [6, 6.07) is 15.4. The van der Waals surface area contributed by atoms with Crippen molar-refractivity contribution in [1.82, 2.24) is 15.5 Å². The first-order valence-corrected chi connectivity index (χ1v) is 6.53. The largest absolute Gasteiger partial charge is 0.306 e. The molecule has 3 aromatic rings. The summed E-state index contributed by atoms with van der Waals surface area (Å²) in [5, 5.41) is 12.9. The fraction of sp³-hybridized carbons (Fsp3) is 0.188. The lowest BCUT2D eigenvalue weighted by molar-refractivity contribution is 0.575. The smallest absolute Gasteiger partial charge is 0.0532 e. The Morgan fingerprint density at radius 2 is 2.00 bits per heavy atom. The normalized spacial score (nSPS) is 12.7. The molecule has 0 fully saturated rings. The molecule has 0 aliphatic carbocycles. The Labute approximate surface area is 112 Å². The summed E-state index contributed by atoms with van der Waals surface area (Å²) in [7, 11) is 0. The van der Waals surface area contributed by atoms with Gasteiger partial charge in [-0.25, -0.2) is 0 Å². The Morgan fingerprint density at radius 1 is 1.16 bits per heavy atom. The monoisotopic (exact) mass is 251 g/mol. The zero-order valence-electron chi connectivity index (χ0n) is 10.9. The van der Waals surface area contributed by atoms with Crippen LogP contribution in [-0.2, 0) is 6.54 Å². The average Bonchev–Trinajstić information content (AvgIpc) is 2.97. The predicted molar refractivity (Wildman–Crippen MR) is 77.8 cm³/mol. The number of hydrogen-bond donors (Lipinski definition) is 2. The summed E-state index contributed by atoms with van der Waals surface area (Å²) in [6.45, 7) is 3.01. The number of hydrogen-bond acceptors (Lipinski definition) is 2. The molecule has 1 atom stereocenters. The molecule has 0 saturated carbocycles. The quantitative estimate of drug-likeness (QED) is 0.746. The van der Waals surface area contributed by atoms with Crippen molar-refractivity contribution in [3.05, 3.63) is 66.0 Å². The van der Waals surface area contributed by atoms with Crippen LogP contribution in [0.3, 0.4) is 0 Å². The van der Waals surface area contributed by atoms with Gasteiger partial charge in [0.05, 0.1) is 6.20 Å². The fourth-order valence-electron chi connectivity index (χ4n) is 2.24. The van der Waals surface area contributed by atoms with Crippen molar-refractivity contribution in [2.75, 3.05) is 0 Å². The molecule has 1 heterocycles. The van der Waals surface area contributed by atoms with Crippen LogP contribution in [-0.4, -0.2) is 10.2 Å². The number of nitrogens with zero attached hydrogens (tertiary/aromatic N) is 1. The van der Waals surface area contributed by atoms with Crippen molar-refractivity contribution in [3.8, 4) is 0 Å². The van der Waals surface area contributed by atoms with Gasteiger partial charge in [-0.15, -0.1) is 0 Å². The molecule has 3 nitrogen and oxygen atoms in total. The van der Waals surface area contributed by atoms with Crippen LogP contribution in [0.2, 0.25) is 0 Å². The van der Waals surface area contributed by atoms with Gasteiger partial charge in [0.25, 0.3) is 0 Å². The van der Waals surface area contributed by atoms with Crippen molar-refractivity contribution < 1.29 is 0 Å². The van der Waals surface area contributed by atoms with Gasteiger partial charge in [-0.1, -0.05) is 36.4 Å². The van der Waals surface area contributed by atoms with Crippen LogP contribution in [0, 0.1) is 0 Å². The maximum atomic E-state index is 3.95. The number of fused-ring (bicyclic) bond motifs is 1. The van der Waals surface area contributed by atoms with Crippen LogP contribution in [0.4, 0.5) is 0 Å². The minimum absolute atomic E-state index is 0.319. The number of rotatable bonds is 4. The fourth-order valence-corrected chi connectivity index (χ4v) is 2.24. The molecule has 0 bridgehead atoms. The summed E-state index contributed by atoms with van der Waals surface area (Å²) < 4.78 is 0. The van der Waals surface area contributed by atoms with E-state index >= 15 is 0 Å². The van der Waals surface area contributed by atoms with Gasteiger partial charge in [0.1, 0.15) is 0 Å². The molecule has 3 heteroatoms. The van der Waals surface area contributed by atoms with Crippen LogP contribution in [0.5, 0.6) is 0 Å². The van der Waals surface area contributed by atoms with Crippen molar-refractivity contribution in [1.29, 1.82) is 0 Å². The number of aromatic nitrogens is 2. The van der Waals surface area contributed by atoms with E-state index in [9.17, 15) is 0 Å². The zero-order valence-corrected chi connectivity index (χ0v) is 10.9. The third-order valence-electron chi connectivity index (χ3n) is 3.44. The van der Waals surface area contributed by atoms with Crippen LogP contribution in [0.15, 0.2) is 54.9 Å². The molecule has 0 aliphatic heterocycles. The maximum absolute atomic E-state index is 3.95. The van der Waals surface area contributed by atoms with Gasteiger partial charge in [-0.3, -0.25) is 5.10 Å². The Balaban J connectivity index is 1.75. The first-order valence-electron chi connectivity index (χ1n) is 6.53. The maximum Gasteiger partial charge on any atom is 0.0532 e. The highest BCUT2D eigenvalue weighted by atomic mass is 15.1. The predicted octanol–water partition coefficient (Wildman–Crippen LogP) is 3.41. The van der Waals surface area contributed by atoms with E-state index in [-0.39, 0.29) is 0 Å². The molecular weight excluding hydrogens is 234 g/mol. The first kappa shape index (κ1) is 11.9. The molecule has 0 amide bonds. The molecule has 3 rings (SSSR count). The van der Waals surface area contributed by atoms with Gasteiger partial charge >= 0.3 is 0 Å². The van der Waals surface area contributed by atoms with Crippen LogP contribution < -0.4 is 5.32 Å². The summed E-state index contributed by atoms with van der Waals surface area (Å²) in [5.74, 6) is 0. The highest BCUT2D eigenvalue weighted by Gasteiger charge is 2.05. The molecular formula is C16H17N3. The van der Waals surface area contributed by atoms with Crippen molar-refractivity contribution >= 4 is 10.8 Å². The van der Waals surface area contributed by atoms with Gasteiger partial charge in [0.15, 0.2) is 0 Å². The Morgan fingerprint density at radius 3 is 2.79 bits per heavy atom. The topological polar surface area (TPSA) is 40.7 Å². The molecule has 19 heavy (non-hydrogen) atoms. The van der Waals surface area contributed by atoms with E-state index in [4.69, 9.17) is 0 Å². The molecule has 0 radical (unpaired) electrons. The molecule has 1 aromatic heterocycles. The lowest BCUT2D eigenvalue weighted by atomic mass is 10.0. The second-order valence-corrected chi connectivity index (χ2v) is 4.82. The number of aromatic amines is 1. The average molecular weight is 251 g/mol. The molecule has 0 saturated heterocycles. The van der Waals surface area contributed by atoms with E-state index < -0.39 is 0 Å². The lowest BCUT2D eigenvalue weighted by Gasteiger charge is -2.14. The zero-order chi connectivity index (χ0) is 13.1. The SMILES string of the molecule is CC(NCc1cn[nH]c1)c1ccc2ccccc2c1. The standard InChI is InChI=1S/C16H17N3/c1-12(17-9-13-10-18-19-11-13)15-7-6-14-4-2-3-5-16(14)8-15/h2-8,10-12,17H,9H2,1H3,(H,18,19). The second-order valence-electron chi connectivity index (χ2n) is 4.82. The highest BCUT2D eigenvalue weighted by Crippen LogP contribution is 2.20. The molecule has 1 unspecified atom stereocenters. The third kappa shape index (κ3) is 2.66. The number of H-pyrrole nitrogens is 1. The summed E-state index contributed by atoms with van der Waals surface area (Å²) >= 11 is 0. The molecule has 2 aromatic carbocycles. The Bertz CT molecular complexity index is 659. The van der Waals surface area contributed by atoms with E-state index in [0.717, 1.165) is 6.54 Å². The molecule has 96 valence electrons. The Hall–Kier alpha value is -2.13. The summed E-state index contributed by atoms with van der Waals surface area (Å²) in [6.07, 6.45) is 3.76. The van der Waals surface area contributed by atoms with E-state index in [1.54, 1.807) is 0 Å². The molecule has 0 spiro atoms.